The van der Waals surface area contributed by atoms with E-state index in [4.69, 9.17) is 9.47 Å². The second-order valence-electron chi connectivity index (χ2n) is 6.51. The summed E-state index contributed by atoms with van der Waals surface area (Å²) in [5, 5.41) is 15.6. The molecule has 0 saturated heterocycles. The van der Waals surface area contributed by atoms with E-state index in [1.54, 1.807) is 38.5 Å². The second kappa shape index (κ2) is 9.18. The Morgan fingerprint density at radius 2 is 1.81 bits per heavy atom. The van der Waals surface area contributed by atoms with Gasteiger partial charge in [0.2, 0.25) is 11.1 Å². The summed E-state index contributed by atoms with van der Waals surface area (Å²) in [5.74, 6) is -1.28. The number of hydrogen-bond donors (Lipinski definition) is 1. The number of halogens is 2. The van der Waals surface area contributed by atoms with Crippen LogP contribution in [0.15, 0.2) is 53.7 Å². The zero-order valence-electron chi connectivity index (χ0n) is 17.0. The van der Waals surface area contributed by atoms with Gasteiger partial charge in [-0.25, -0.2) is 8.78 Å². The molecule has 0 aliphatic heterocycles. The molecule has 2 aromatic carbocycles. The largest absolute Gasteiger partial charge is 0.493 e. The van der Waals surface area contributed by atoms with Gasteiger partial charge in [0.25, 0.3) is 0 Å². The van der Waals surface area contributed by atoms with Crippen LogP contribution in [0.25, 0.3) is 16.9 Å². The summed E-state index contributed by atoms with van der Waals surface area (Å²) in [5.41, 5.74) is 2.11. The fourth-order valence-electron chi connectivity index (χ4n) is 2.91. The molecule has 0 aliphatic carbocycles. The molecule has 0 saturated carbocycles. The molecule has 0 spiro atoms. The van der Waals surface area contributed by atoms with Crippen LogP contribution in [0.1, 0.15) is 0 Å². The van der Waals surface area contributed by atoms with Gasteiger partial charge in [-0.3, -0.25) is 4.79 Å². The lowest BCUT2D eigenvalue weighted by Gasteiger charge is -2.09. The van der Waals surface area contributed by atoms with Crippen molar-refractivity contribution in [3.05, 3.63) is 60.2 Å². The predicted octanol–water partition coefficient (Wildman–Crippen LogP) is 3.82. The summed E-state index contributed by atoms with van der Waals surface area (Å²) >= 11 is 1.11. The van der Waals surface area contributed by atoms with E-state index in [9.17, 15) is 13.6 Å². The Morgan fingerprint density at radius 1 is 1.00 bits per heavy atom. The van der Waals surface area contributed by atoms with Crippen molar-refractivity contribution in [2.45, 2.75) is 5.16 Å². The van der Waals surface area contributed by atoms with Crippen molar-refractivity contribution in [3.8, 4) is 22.8 Å². The van der Waals surface area contributed by atoms with E-state index in [1.165, 1.54) is 10.6 Å². The summed E-state index contributed by atoms with van der Waals surface area (Å²) in [6.07, 6.45) is 0. The number of benzene rings is 2. The van der Waals surface area contributed by atoms with Crippen LogP contribution in [0.2, 0.25) is 0 Å². The van der Waals surface area contributed by atoms with Crippen LogP contribution in [-0.2, 0) is 4.79 Å². The Hall–Kier alpha value is -3.73. The minimum atomic E-state index is -1.04. The summed E-state index contributed by atoms with van der Waals surface area (Å²) in [6, 6.07) is 12.1. The fourth-order valence-corrected chi connectivity index (χ4v) is 3.60. The van der Waals surface area contributed by atoms with Crippen molar-refractivity contribution in [3.63, 3.8) is 0 Å². The number of nitrogens with one attached hydrogen (secondary N) is 1. The third kappa shape index (κ3) is 4.47. The van der Waals surface area contributed by atoms with E-state index in [0.29, 0.717) is 28.0 Å². The average molecular weight is 457 g/mol. The van der Waals surface area contributed by atoms with Gasteiger partial charge in [-0.1, -0.05) is 11.8 Å². The van der Waals surface area contributed by atoms with Crippen LogP contribution in [0.4, 0.5) is 14.5 Å². The highest BCUT2D eigenvalue weighted by atomic mass is 32.2. The van der Waals surface area contributed by atoms with Gasteiger partial charge in [0, 0.05) is 17.3 Å². The molecule has 0 atom stereocenters. The zero-order chi connectivity index (χ0) is 22.7. The first-order valence-corrected chi connectivity index (χ1v) is 10.3. The highest BCUT2D eigenvalue weighted by Crippen LogP contribution is 2.31. The summed E-state index contributed by atoms with van der Waals surface area (Å²) in [7, 11) is 3.11. The van der Waals surface area contributed by atoms with Crippen LogP contribution in [0.5, 0.6) is 11.5 Å². The molecule has 0 fully saturated rings. The van der Waals surface area contributed by atoms with Gasteiger partial charge in [0.15, 0.2) is 28.8 Å². The molecular weight excluding hydrogens is 440 g/mol. The molecule has 11 heteroatoms. The van der Waals surface area contributed by atoms with Gasteiger partial charge < -0.3 is 14.8 Å². The van der Waals surface area contributed by atoms with Crippen LogP contribution < -0.4 is 14.8 Å². The average Bonchev–Trinajstić information content (AvgIpc) is 3.22. The smallest absolute Gasteiger partial charge is 0.234 e. The van der Waals surface area contributed by atoms with Crippen molar-refractivity contribution in [2.75, 3.05) is 25.3 Å². The Labute approximate surface area is 185 Å². The quantitative estimate of drug-likeness (QED) is 0.422. The molecule has 2 heterocycles. The molecule has 1 amide bonds. The summed E-state index contributed by atoms with van der Waals surface area (Å²) < 4.78 is 38.5. The maximum Gasteiger partial charge on any atom is 0.234 e. The number of nitrogens with zero attached hydrogens (tertiary/aromatic N) is 4. The standard InChI is InChI=1S/C21H17F2N5O3S/c1-30-17-7-3-12(9-18(17)31-2)16-6-8-19-25-26-21(28(19)27-16)32-11-20(29)24-13-4-5-14(22)15(23)10-13/h3-10H,11H2,1-2H3,(H,24,29). The fraction of sp³-hybridized carbons (Fsp3) is 0.143. The van der Waals surface area contributed by atoms with Crippen LogP contribution in [0.3, 0.4) is 0 Å². The number of rotatable bonds is 7. The third-order valence-corrected chi connectivity index (χ3v) is 5.37. The van der Waals surface area contributed by atoms with E-state index in [2.05, 4.69) is 20.6 Å². The monoisotopic (exact) mass is 457 g/mol. The lowest BCUT2D eigenvalue weighted by Crippen LogP contribution is -2.14. The molecule has 4 aromatic rings. The molecule has 32 heavy (non-hydrogen) atoms. The summed E-state index contributed by atoms with van der Waals surface area (Å²) in [4.78, 5) is 12.2. The van der Waals surface area contributed by atoms with Gasteiger partial charge in [0.1, 0.15) is 0 Å². The van der Waals surface area contributed by atoms with E-state index >= 15 is 0 Å². The van der Waals surface area contributed by atoms with Crippen molar-refractivity contribution >= 4 is 29.0 Å². The Balaban J connectivity index is 1.51. The lowest BCUT2D eigenvalue weighted by molar-refractivity contribution is -0.113. The molecular formula is C21H17F2N5O3S. The predicted molar refractivity (Wildman–Crippen MR) is 115 cm³/mol. The van der Waals surface area contributed by atoms with Gasteiger partial charge in [-0.2, -0.15) is 9.61 Å². The Kier molecular flexibility index (Phi) is 6.17. The molecule has 4 rings (SSSR count). The van der Waals surface area contributed by atoms with Crippen LogP contribution in [-0.4, -0.2) is 45.7 Å². The molecule has 164 valence electrons. The topological polar surface area (TPSA) is 90.6 Å². The first-order valence-electron chi connectivity index (χ1n) is 9.31. The second-order valence-corrected chi connectivity index (χ2v) is 7.45. The highest BCUT2D eigenvalue weighted by molar-refractivity contribution is 7.99. The molecule has 8 nitrogen and oxygen atoms in total. The van der Waals surface area contributed by atoms with Gasteiger partial charge >= 0.3 is 0 Å². The third-order valence-electron chi connectivity index (χ3n) is 4.45. The van der Waals surface area contributed by atoms with E-state index in [1.807, 2.05) is 6.07 Å². The number of thioether (sulfide) groups is 1. The van der Waals surface area contributed by atoms with Crippen molar-refractivity contribution < 1.29 is 23.0 Å². The number of fused-ring (bicyclic) bond motifs is 1. The van der Waals surface area contributed by atoms with Crippen molar-refractivity contribution in [1.29, 1.82) is 0 Å². The maximum atomic E-state index is 13.3. The Bertz CT molecular complexity index is 1300. The van der Waals surface area contributed by atoms with E-state index < -0.39 is 17.5 Å². The van der Waals surface area contributed by atoms with Gasteiger partial charge in [0.05, 0.1) is 25.7 Å². The minimum absolute atomic E-state index is 0.0257. The molecule has 2 aromatic heterocycles. The molecule has 0 radical (unpaired) electrons. The number of methoxy groups -OCH3 is 2. The SMILES string of the molecule is COc1ccc(-c2ccc3nnc(SCC(=O)Nc4ccc(F)c(F)c4)n3n2)cc1OC. The molecule has 0 aliphatic rings. The zero-order valence-corrected chi connectivity index (χ0v) is 17.8. The number of aromatic nitrogens is 4. The highest BCUT2D eigenvalue weighted by Gasteiger charge is 2.14. The van der Waals surface area contributed by atoms with E-state index in [0.717, 1.165) is 29.5 Å². The number of amides is 1. The Morgan fingerprint density at radius 3 is 2.56 bits per heavy atom. The maximum absolute atomic E-state index is 13.3. The molecule has 0 bridgehead atoms. The number of ether oxygens (including phenoxy) is 2. The molecule has 1 N–H and O–H groups in total. The van der Waals surface area contributed by atoms with Crippen LogP contribution >= 0.6 is 11.8 Å². The summed E-state index contributed by atoms with van der Waals surface area (Å²) in [6.45, 7) is 0. The van der Waals surface area contributed by atoms with Crippen molar-refractivity contribution in [1.82, 2.24) is 19.8 Å². The normalized spacial score (nSPS) is 10.9. The first kappa shape index (κ1) is 21.5. The minimum Gasteiger partial charge on any atom is -0.493 e. The first-order chi connectivity index (χ1) is 15.5. The van der Waals surface area contributed by atoms with Gasteiger partial charge in [-0.05, 0) is 42.5 Å². The van der Waals surface area contributed by atoms with Gasteiger partial charge in [-0.15, -0.1) is 10.2 Å². The number of hydrogen-bond acceptors (Lipinski definition) is 7. The van der Waals surface area contributed by atoms with Crippen LogP contribution in [0, 0.1) is 11.6 Å². The van der Waals surface area contributed by atoms with Crippen molar-refractivity contribution in [2.24, 2.45) is 0 Å². The number of carbonyl (C=O) groups is 1. The molecule has 0 unspecified atom stereocenters. The van der Waals surface area contributed by atoms with E-state index in [-0.39, 0.29) is 11.4 Å². The lowest BCUT2D eigenvalue weighted by atomic mass is 10.1. The number of anilines is 1. The number of carbonyl (C=O) groups excluding carboxylic acids is 1.